The molecule has 3 aromatic carbocycles. The molecule has 0 aromatic heterocycles. The Morgan fingerprint density at radius 2 is 1.26 bits per heavy atom. The number of primary amides is 1. The van der Waals surface area contributed by atoms with Crippen LogP contribution in [0.1, 0.15) is 15.9 Å². The molecule has 0 aliphatic carbocycles. The van der Waals surface area contributed by atoms with Gasteiger partial charge in [0.25, 0.3) is 5.69 Å². The second-order valence-corrected chi connectivity index (χ2v) is 5.35. The van der Waals surface area contributed by atoms with Crippen molar-refractivity contribution in [3.63, 3.8) is 0 Å². The number of amides is 2. The third-order valence-corrected chi connectivity index (χ3v) is 3.42. The van der Waals surface area contributed by atoms with Crippen molar-refractivity contribution in [1.82, 2.24) is 0 Å². The van der Waals surface area contributed by atoms with Crippen molar-refractivity contribution in [2.24, 2.45) is 5.73 Å². The van der Waals surface area contributed by atoms with Gasteiger partial charge in [-0.15, -0.1) is 0 Å². The Kier molecular flexibility index (Phi) is 6.78. The molecule has 0 bridgehead atoms. The number of anilines is 1. The van der Waals surface area contributed by atoms with Gasteiger partial charge in [0.2, 0.25) is 0 Å². The maximum absolute atomic E-state index is 12.0. The summed E-state index contributed by atoms with van der Waals surface area (Å²) in [6.45, 7) is 0. The normalized spacial score (nSPS) is 9.48. The number of ketones is 1. The second kappa shape index (κ2) is 9.47. The summed E-state index contributed by atoms with van der Waals surface area (Å²) in [4.78, 5) is 32.2. The first-order valence-electron chi connectivity index (χ1n) is 7.93. The molecule has 0 spiro atoms. The van der Waals surface area contributed by atoms with Crippen LogP contribution >= 0.6 is 0 Å². The van der Waals surface area contributed by atoms with Crippen LogP contribution < -0.4 is 11.1 Å². The maximum Gasteiger partial charge on any atom is 0.316 e. The molecular formula is C20H17N3O4. The molecule has 0 fully saturated rings. The predicted molar refractivity (Wildman–Crippen MR) is 103 cm³/mol. The van der Waals surface area contributed by atoms with Gasteiger partial charge < -0.3 is 11.1 Å². The van der Waals surface area contributed by atoms with Crippen LogP contribution in [0.2, 0.25) is 0 Å². The molecule has 7 nitrogen and oxygen atoms in total. The first-order valence-corrected chi connectivity index (χ1v) is 7.93. The number of carbonyl (C=O) groups excluding carboxylic acids is 2. The van der Waals surface area contributed by atoms with Gasteiger partial charge in [0.15, 0.2) is 5.78 Å². The summed E-state index contributed by atoms with van der Waals surface area (Å²) in [7, 11) is 0. The molecule has 3 aromatic rings. The molecule has 0 radical (unpaired) electrons. The summed E-state index contributed by atoms with van der Waals surface area (Å²) in [5, 5.41) is 12.9. The lowest BCUT2D eigenvalue weighted by Gasteiger charge is -2.00. The Hall–Kier alpha value is -4.00. The van der Waals surface area contributed by atoms with Gasteiger partial charge in [-0.1, -0.05) is 48.5 Å². The Balaban J connectivity index is 0.000000223. The number of nitrogens with zero attached hydrogens (tertiary/aromatic N) is 1. The number of nitro benzene ring substituents is 1. The number of hydrogen-bond donors (Lipinski definition) is 2. The van der Waals surface area contributed by atoms with Gasteiger partial charge in [0.1, 0.15) is 0 Å². The molecule has 7 heteroatoms. The van der Waals surface area contributed by atoms with Crippen LogP contribution in [0.5, 0.6) is 0 Å². The van der Waals surface area contributed by atoms with E-state index in [0.29, 0.717) is 11.1 Å². The Morgan fingerprint density at radius 1 is 0.778 bits per heavy atom. The minimum Gasteiger partial charge on any atom is -0.351 e. The van der Waals surface area contributed by atoms with Gasteiger partial charge in [-0.2, -0.15) is 0 Å². The highest BCUT2D eigenvalue weighted by molar-refractivity contribution is 6.09. The predicted octanol–water partition coefficient (Wildman–Crippen LogP) is 4.00. The van der Waals surface area contributed by atoms with E-state index in [4.69, 9.17) is 5.73 Å². The number of benzene rings is 3. The number of urea groups is 1. The summed E-state index contributed by atoms with van der Waals surface area (Å²) in [5.41, 5.74) is 6.59. The van der Waals surface area contributed by atoms with E-state index < -0.39 is 11.0 Å². The van der Waals surface area contributed by atoms with Crippen LogP contribution in [-0.4, -0.2) is 16.7 Å². The van der Waals surface area contributed by atoms with Gasteiger partial charge in [-0.25, -0.2) is 4.79 Å². The van der Waals surface area contributed by atoms with E-state index in [-0.39, 0.29) is 11.5 Å². The number of carbonyl (C=O) groups is 2. The molecule has 0 unspecified atom stereocenters. The number of nitro groups is 1. The van der Waals surface area contributed by atoms with E-state index in [2.05, 4.69) is 5.32 Å². The number of nitrogens with one attached hydrogen (secondary N) is 1. The topological polar surface area (TPSA) is 115 Å². The molecule has 136 valence electrons. The Morgan fingerprint density at radius 3 is 1.74 bits per heavy atom. The van der Waals surface area contributed by atoms with Crippen LogP contribution in [0.15, 0.2) is 84.9 Å². The second-order valence-electron chi connectivity index (χ2n) is 5.35. The molecular weight excluding hydrogens is 346 g/mol. The summed E-state index contributed by atoms with van der Waals surface area (Å²) in [6.07, 6.45) is 0. The van der Waals surface area contributed by atoms with Crippen molar-refractivity contribution in [3.8, 4) is 0 Å². The monoisotopic (exact) mass is 363 g/mol. The van der Waals surface area contributed by atoms with Crippen LogP contribution in [0.4, 0.5) is 16.2 Å². The molecule has 0 heterocycles. The average molecular weight is 363 g/mol. The van der Waals surface area contributed by atoms with Crippen molar-refractivity contribution in [1.29, 1.82) is 0 Å². The fourth-order valence-corrected chi connectivity index (χ4v) is 2.15. The molecule has 3 N–H and O–H groups in total. The SMILES string of the molecule is NC(=O)Nc1ccccc1.O=C(c1ccccc1)c1ccc([N+](=O)[O-])cc1. The van der Waals surface area contributed by atoms with E-state index >= 15 is 0 Å². The van der Waals surface area contributed by atoms with E-state index in [9.17, 15) is 19.7 Å². The zero-order chi connectivity index (χ0) is 19.6. The van der Waals surface area contributed by atoms with Gasteiger partial charge in [-0.3, -0.25) is 14.9 Å². The fraction of sp³-hybridized carbons (Fsp3) is 0. The van der Waals surface area contributed by atoms with E-state index in [1.54, 1.807) is 36.4 Å². The molecule has 0 saturated carbocycles. The lowest BCUT2D eigenvalue weighted by atomic mass is 10.0. The van der Waals surface area contributed by atoms with Gasteiger partial charge in [0, 0.05) is 28.9 Å². The minimum atomic E-state index is -0.536. The van der Waals surface area contributed by atoms with Crippen molar-refractivity contribution < 1.29 is 14.5 Å². The Bertz CT molecular complexity index is 911. The summed E-state index contributed by atoms with van der Waals surface area (Å²) in [6, 6.07) is 22.9. The lowest BCUT2D eigenvalue weighted by molar-refractivity contribution is -0.384. The number of para-hydroxylation sites is 1. The van der Waals surface area contributed by atoms with Crippen molar-refractivity contribution in [2.45, 2.75) is 0 Å². The zero-order valence-corrected chi connectivity index (χ0v) is 14.2. The number of non-ortho nitro benzene ring substituents is 1. The molecule has 27 heavy (non-hydrogen) atoms. The van der Waals surface area contributed by atoms with Crippen molar-refractivity contribution in [2.75, 3.05) is 5.32 Å². The van der Waals surface area contributed by atoms with Crippen LogP contribution in [0.3, 0.4) is 0 Å². The average Bonchev–Trinajstić information content (AvgIpc) is 2.69. The number of hydrogen-bond acceptors (Lipinski definition) is 4. The van der Waals surface area contributed by atoms with Gasteiger partial charge in [-0.05, 0) is 24.3 Å². The van der Waals surface area contributed by atoms with E-state index in [0.717, 1.165) is 5.69 Å². The lowest BCUT2D eigenvalue weighted by Crippen LogP contribution is -2.18. The number of nitrogens with two attached hydrogens (primary N) is 1. The standard InChI is InChI=1S/C13H9NO3.C7H8N2O/c15-13(10-4-2-1-3-5-10)11-6-8-12(9-7-11)14(16)17;8-7(10)9-6-4-2-1-3-5-6/h1-9H;1-5H,(H3,8,9,10). The first-order chi connectivity index (χ1) is 13.0. The third kappa shape index (κ3) is 6.09. The smallest absolute Gasteiger partial charge is 0.316 e. The summed E-state index contributed by atoms with van der Waals surface area (Å²) >= 11 is 0. The minimum absolute atomic E-state index is 0.0189. The van der Waals surface area contributed by atoms with Crippen molar-refractivity contribution >= 4 is 23.2 Å². The molecule has 3 rings (SSSR count). The van der Waals surface area contributed by atoms with Crippen LogP contribution in [0.25, 0.3) is 0 Å². The first kappa shape index (κ1) is 19.3. The highest BCUT2D eigenvalue weighted by Crippen LogP contribution is 2.15. The fourth-order valence-electron chi connectivity index (χ4n) is 2.15. The van der Waals surface area contributed by atoms with E-state index in [1.807, 2.05) is 24.3 Å². The molecule has 0 aliphatic heterocycles. The number of rotatable bonds is 4. The van der Waals surface area contributed by atoms with Gasteiger partial charge >= 0.3 is 6.03 Å². The Labute approximate surface area is 155 Å². The highest BCUT2D eigenvalue weighted by Gasteiger charge is 2.10. The zero-order valence-electron chi connectivity index (χ0n) is 14.2. The molecule has 0 aliphatic rings. The highest BCUT2D eigenvalue weighted by atomic mass is 16.6. The summed E-state index contributed by atoms with van der Waals surface area (Å²) in [5.74, 6) is -0.138. The maximum atomic E-state index is 12.0. The summed E-state index contributed by atoms with van der Waals surface area (Å²) < 4.78 is 0. The third-order valence-electron chi connectivity index (χ3n) is 3.42. The van der Waals surface area contributed by atoms with Crippen LogP contribution in [-0.2, 0) is 0 Å². The van der Waals surface area contributed by atoms with E-state index in [1.165, 1.54) is 24.3 Å². The quantitative estimate of drug-likeness (QED) is 0.414. The van der Waals surface area contributed by atoms with Gasteiger partial charge in [0.05, 0.1) is 4.92 Å². The largest absolute Gasteiger partial charge is 0.351 e. The van der Waals surface area contributed by atoms with Crippen molar-refractivity contribution in [3.05, 3.63) is 106 Å². The molecule has 0 saturated heterocycles. The molecule has 0 atom stereocenters. The van der Waals surface area contributed by atoms with Crippen LogP contribution in [0, 0.1) is 10.1 Å². The molecule has 2 amide bonds.